The number of hydrogen-bond donors (Lipinski definition) is 4. The van der Waals surface area contributed by atoms with Crippen LogP contribution in [0.5, 0.6) is 11.6 Å². The van der Waals surface area contributed by atoms with Gasteiger partial charge in [-0.1, -0.05) is 12.8 Å². The van der Waals surface area contributed by atoms with Gasteiger partial charge in [0.25, 0.3) is 5.91 Å². The van der Waals surface area contributed by atoms with E-state index in [1.54, 1.807) is 0 Å². The first kappa shape index (κ1) is 21.9. The minimum absolute atomic E-state index is 0.000815. The maximum atomic E-state index is 13.4. The van der Waals surface area contributed by atoms with Crippen molar-refractivity contribution in [2.75, 3.05) is 24.5 Å². The highest BCUT2D eigenvalue weighted by atomic mass is 19.4. The standard InChI is InChI=1S/C20H23F3N6O3/c1-31-14-7-6-10(8-11(14)20(21,22)23)26-16-15-17(30)25-9-32-18(15)29-19(28-16)27-13-5-3-2-4-12(13)24/h6-8,12-13H,2-5,9,24H2,1H3,(H,25,30)(H2,26,27,28,29). The first-order valence-electron chi connectivity index (χ1n) is 10.1. The van der Waals surface area contributed by atoms with E-state index >= 15 is 0 Å². The number of alkyl halides is 3. The fourth-order valence-electron chi connectivity index (χ4n) is 3.81. The van der Waals surface area contributed by atoms with Crippen molar-refractivity contribution in [2.45, 2.75) is 43.9 Å². The number of methoxy groups -OCH3 is 1. The number of hydrogen-bond acceptors (Lipinski definition) is 8. The maximum Gasteiger partial charge on any atom is 0.420 e. The van der Waals surface area contributed by atoms with Gasteiger partial charge in [-0.3, -0.25) is 4.79 Å². The molecule has 2 heterocycles. The van der Waals surface area contributed by atoms with Gasteiger partial charge in [-0.25, -0.2) is 0 Å². The van der Waals surface area contributed by atoms with Crippen LogP contribution >= 0.6 is 0 Å². The topological polar surface area (TPSA) is 123 Å². The lowest BCUT2D eigenvalue weighted by atomic mass is 9.91. The minimum Gasteiger partial charge on any atom is -0.496 e. The summed E-state index contributed by atoms with van der Waals surface area (Å²) >= 11 is 0. The zero-order chi connectivity index (χ0) is 22.9. The molecule has 1 saturated carbocycles. The largest absolute Gasteiger partial charge is 0.496 e. The molecule has 9 nitrogen and oxygen atoms in total. The number of aromatic nitrogens is 2. The second kappa shape index (κ2) is 8.69. The van der Waals surface area contributed by atoms with Crippen LogP contribution < -0.4 is 31.2 Å². The summed E-state index contributed by atoms with van der Waals surface area (Å²) in [5.74, 6) is -0.602. The van der Waals surface area contributed by atoms with Gasteiger partial charge < -0.3 is 31.2 Å². The van der Waals surface area contributed by atoms with Crippen LogP contribution in [0.2, 0.25) is 0 Å². The quantitative estimate of drug-likeness (QED) is 0.546. The van der Waals surface area contributed by atoms with Gasteiger partial charge in [0.15, 0.2) is 12.5 Å². The normalized spacial score (nSPS) is 20.6. The Bertz CT molecular complexity index is 1020. The lowest BCUT2D eigenvalue weighted by molar-refractivity contribution is -0.138. The number of amides is 1. The van der Waals surface area contributed by atoms with Gasteiger partial charge >= 0.3 is 6.18 Å². The summed E-state index contributed by atoms with van der Waals surface area (Å²) in [6, 6.07) is 3.33. The summed E-state index contributed by atoms with van der Waals surface area (Å²) in [5, 5.41) is 8.48. The molecule has 0 bridgehead atoms. The molecule has 12 heteroatoms. The molecule has 2 atom stereocenters. The Morgan fingerprint density at radius 1 is 1.25 bits per heavy atom. The number of halogens is 3. The highest BCUT2D eigenvalue weighted by molar-refractivity contribution is 6.02. The van der Waals surface area contributed by atoms with Crippen molar-refractivity contribution in [3.05, 3.63) is 29.3 Å². The van der Waals surface area contributed by atoms with Crippen molar-refractivity contribution in [3.63, 3.8) is 0 Å². The number of carbonyl (C=O) groups excluding carboxylic acids is 1. The Balaban J connectivity index is 1.70. The zero-order valence-electron chi connectivity index (χ0n) is 17.3. The summed E-state index contributed by atoms with van der Waals surface area (Å²) < 4.78 is 50.5. The van der Waals surface area contributed by atoms with E-state index in [4.69, 9.17) is 15.2 Å². The molecule has 2 unspecified atom stereocenters. The Labute approximate surface area is 181 Å². The van der Waals surface area contributed by atoms with Crippen LogP contribution in [-0.2, 0) is 6.18 Å². The van der Waals surface area contributed by atoms with Crippen LogP contribution in [0.15, 0.2) is 18.2 Å². The van der Waals surface area contributed by atoms with Crippen molar-refractivity contribution in [2.24, 2.45) is 5.73 Å². The van der Waals surface area contributed by atoms with E-state index in [0.717, 1.165) is 38.9 Å². The number of nitrogens with one attached hydrogen (secondary N) is 3. The summed E-state index contributed by atoms with van der Waals surface area (Å²) in [5.41, 5.74) is 5.29. The van der Waals surface area contributed by atoms with E-state index in [9.17, 15) is 18.0 Å². The molecule has 2 aromatic rings. The number of anilines is 3. The van der Waals surface area contributed by atoms with Crippen LogP contribution in [0.1, 0.15) is 41.6 Å². The number of fused-ring (bicyclic) bond motifs is 1. The van der Waals surface area contributed by atoms with Crippen molar-refractivity contribution >= 4 is 23.4 Å². The Morgan fingerprint density at radius 3 is 2.75 bits per heavy atom. The smallest absolute Gasteiger partial charge is 0.420 e. The van der Waals surface area contributed by atoms with Gasteiger partial charge in [-0.05, 0) is 31.0 Å². The van der Waals surface area contributed by atoms with Crippen LogP contribution in [0.25, 0.3) is 0 Å². The van der Waals surface area contributed by atoms with Gasteiger partial charge in [-0.15, -0.1) is 0 Å². The molecule has 1 aromatic carbocycles. The van der Waals surface area contributed by atoms with Crippen molar-refractivity contribution in [1.29, 1.82) is 0 Å². The average Bonchev–Trinajstić information content (AvgIpc) is 2.75. The third-order valence-corrected chi connectivity index (χ3v) is 5.45. The van der Waals surface area contributed by atoms with Crippen LogP contribution in [0.3, 0.4) is 0 Å². The van der Waals surface area contributed by atoms with E-state index in [-0.39, 0.29) is 53.5 Å². The maximum absolute atomic E-state index is 13.4. The van der Waals surface area contributed by atoms with Gasteiger partial charge in [0, 0.05) is 17.8 Å². The van der Waals surface area contributed by atoms with Gasteiger partial charge in [0.05, 0.1) is 12.7 Å². The molecule has 172 valence electrons. The molecular formula is C20H23F3N6O3. The monoisotopic (exact) mass is 452 g/mol. The number of ether oxygens (including phenoxy) is 2. The third kappa shape index (κ3) is 4.49. The minimum atomic E-state index is -4.63. The summed E-state index contributed by atoms with van der Waals surface area (Å²) in [7, 11) is 1.16. The average molecular weight is 452 g/mol. The summed E-state index contributed by atoms with van der Waals surface area (Å²) in [6.45, 7) is -0.0779. The number of nitrogens with zero attached hydrogens (tertiary/aromatic N) is 2. The molecule has 1 aliphatic carbocycles. The number of rotatable bonds is 5. The van der Waals surface area contributed by atoms with E-state index < -0.39 is 17.6 Å². The predicted molar refractivity (Wildman–Crippen MR) is 110 cm³/mol. The first-order valence-corrected chi connectivity index (χ1v) is 10.1. The molecule has 1 aromatic heterocycles. The molecule has 0 spiro atoms. The van der Waals surface area contributed by atoms with Crippen molar-refractivity contribution in [3.8, 4) is 11.6 Å². The Hall–Kier alpha value is -3.28. The molecule has 0 radical (unpaired) electrons. The highest BCUT2D eigenvalue weighted by Crippen LogP contribution is 2.39. The summed E-state index contributed by atoms with van der Waals surface area (Å²) in [4.78, 5) is 21.1. The van der Waals surface area contributed by atoms with Crippen molar-refractivity contribution in [1.82, 2.24) is 15.3 Å². The third-order valence-electron chi connectivity index (χ3n) is 5.45. The van der Waals surface area contributed by atoms with Crippen LogP contribution in [0, 0.1) is 0 Å². The molecular weight excluding hydrogens is 429 g/mol. The predicted octanol–water partition coefficient (Wildman–Crippen LogP) is 3.01. The molecule has 1 amide bonds. The first-order chi connectivity index (χ1) is 15.3. The molecule has 1 aliphatic heterocycles. The molecule has 32 heavy (non-hydrogen) atoms. The number of nitrogens with two attached hydrogens (primary N) is 1. The van der Waals surface area contributed by atoms with Crippen molar-refractivity contribution < 1.29 is 27.4 Å². The second-order valence-electron chi connectivity index (χ2n) is 7.61. The van der Waals surface area contributed by atoms with Gasteiger partial charge in [-0.2, -0.15) is 23.1 Å². The number of benzene rings is 1. The molecule has 1 fully saturated rings. The Morgan fingerprint density at radius 2 is 2.03 bits per heavy atom. The fourth-order valence-corrected chi connectivity index (χ4v) is 3.81. The zero-order valence-corrected chi connectivity index (χ0v) is 17.3. The SMILES string of the molecule is COc1ccc(Nc2nc(NC3CCCCC3N)nc3c2C(=O)NCO3)cc1C(F)(F)F. The summed E-state index contributed by atoms with van der Waals surface area (Å²) in [6.07, 6.45) is -0.887. The lowest BCUT2D eigenvalue weighted by Crippen LogP contribution is -2.43. The van der Waals surface area contributed by atoms with E-state index in [1.165, 1.54) is 12.1 Å². The van der Waals surface area contributed by atoms with E-state index in [2.05, 4.69) is 25.9 Å². The number of carbonyl (C=O) groups is 1. The molecule has 4 rings (SSSR count). The van der Waals surface area contributed by atoms with Crippen LogP contribution in [-0.4, -0.2) is 41.8 Å². The molecule has 0 saturated heterocycles. The lowest BCUT2D eigenvalue weighted by Gasteiger charge is -2.30. The molecule has 2 aliphatic rings. The van der Waals surface area contributed by atoms with Crippen LogP contribution in [0.4, 0.5) is 30.6 Å². The van der Waals surface area contributed by atoms with Gasteiger partial charge in [0.1, 0.15) is 11.3 Å². The van der Waals surface area contributed by atoms with Gasteiger partial charge in [0.2, 0.25) is 11.8 Å². The van der Waals surface area contributed by atoms with E-state index in [1.807, 2.05) is 0 Å². The Kier molecular flexibility index (Phi) is 5.96. The second-order valence-corrected chi connectivity index (χ2v) is 7.61. The van der Waals surface area contributed by atoms with E-state index in [0.29, 0.717) is 0 Å². The fraction of sp³-hybridized carbons (Fsp3) is 0.450. The highest BCUT2D eigenvalue weighted by Gasteiger charge is 2.35. The molecule has 5 N–H and O–H groups in total.